The van der Waals surface area contributed by atoms with Crippen LogP contribution in [-0.2, 0) is 10.0 Å². The molecule has 0 unspecified atom stereocenters. The molecule has 7 nitrogen and oxygen atoms in total. The van der Waals surface area contributed by atoms with Crippen LogP contribution in [0.1, 0.15) is 24.2 Å². The Morgan fingerprint density at radius 1 is 1.07 bits per heavy atom. The van der Waals surface area contributed by atoms with Gasteiger partial charge in [0, 0.05) is 24.2 Å². The number of halogens is 2. The Morgan fingerprint density at radius 2 is 1.77 bits per heavy atom. The van der Waals surface area contributed by atoms with Gasteiger partial charge in [0.1, 0.15) is 4.90 Å². The van der Waals surface area contributed by atoms with Crippen molar-refractivity contribution in [3.05, 3.63) is 58.1 Å². The van der Waals surface area contributed by atoms with Crippen molar-refractivity contribution in [2.24, 2.45) is 0 Å². The highest BCUT2D eigenvalue weighted by Gasteiger charge is 2.26. The molecule has 0 fully saturated rings. The smallest absolute Gasteiger partial charge is 0.257 e. The van der Waals surface area contributed by atoms with E-state index in [0.717, 1.165) is 11.3 Å². The Bertz CT molecular complexity index is 1180. The lowest BCUT2D eigenvalue weighted by Gasteiger charge is -2.19. The van der Waals surface area contributed by atoms with Crippen molar-refractivity contribution in [2.75, 3.05) is 18.4 Å². The summed E-state index contributed by atoms with van der Waals surface area (Å²) in [6, 6.07) is 11.3. The number of nitrogens with one attached hydrogen (secondary N) is 1. The quantitative estimate of drug-likeness (QED) is 0.519. The molecule has 3 aromatic rings. The lowest BCUT2D eigenvalue weighted by atomic mass is 10.2. The van der Waals surface area contributed by atoms with Crippen LogP contribution >= 0.6 is 34.5 Å². The molecule has 0 aliphatic carbocycles. The lowest BCUT2D eigenvalue weighted by molar-refractivity contribution is 0.102. The molecular weight excluding hydrogens is 467 g/mol. The summed E-state index contributed by atoms with van der Waals surface area (Å²) >= 11 is 13.4. The Labute approximate surface area is 188 Å². The van der Waals surface area contributed by atoms with Gasteiger partial charge in [0.25, 0.3) is 5.91 Å². The zero-order chi connectivity index (χ0) is 21.9. The van der Waals surface area contributed by atoms with Crippen molar-refractivity contribution in [1.82, 2.24) is 14.5 Å². The summed E-state index contributed by atoms with van der Waals surface area (Å²) in [4.78, 5) is 12.6. The van der Waals surface area contributed by atoms with Gasteiger partial charge in [-0.05, 0) is 24.3 Å². The maximum atomic E-state index is 12.8. The normalized spacial score (nSPS) is 11.6. The molecule has 0 radical (unpaired) electrons. The third-order valence-electron chi connectivity index (χ3n) is 4.27. The van der Waals surface area contributed by atoms with Gasteiger partial charge in [0.05, 0.1) is 10.0 Å². The second-order valence-corrected chi connectivity index (χ2v) is 9.78. The number of sulfonamides is 1. The van der Waals surface area contributed by atoms with Gasteiger partial charge in [-0.2, -0.15) is 4.31 Å². The molecule has 1 N–H and O–H groups in total. The van der Waals surface area contributed by atoms with Crippen molar-refractivity contribution in [2.45, 2.75) is 18.7 Å². The van der Waals surface area contributed by atoms with Crippen molar-refractivity contribution in [1.29, 1.82) is 0 Å². The fourth-order valence-electron chi connectivity index (χ4n) is 2.73. The summed E-state index contributed by atoms with van der Waals surface area (Å²) in [6.07, 6.45) is 0. The summed E-state index contributed by atoms with van der Waals surface area (Å²) in [5.41, 5.74) is 0.843. The third kappa shape index (κ3) is 4.65. The minimum atomic E-state index is -3.82. The van der Waals surface area contributed by atoms with Gasteiger partial charge in [-0.3, -0.25) is 10.1 Å². The van der Waals surface area contributed by atoms with E-state index in [1.165, 1.54) is 22.5 Å². The van der Waals surface area contributed by atoms with Gasteiger partial charge in [-0.1, -0.05) is 66.6 Å². The Balaban J connectivity index is 1.86. The number of nitrogens with zero attached hydrogens (tertiary/aromatic N) is 3. The van der Waals surface area contributed by atoms with E-state index in [9.17, 15) is 13.2 Å². The van der Waals surface area contributed by atoms with Crippen LogP contribution in [-0.4, -0.2) is 41.9 Å². The average molecular weight is 485 g/mol. The monoisotopic (exact) mass is 484 g/mol. The van der Waals surface area contributed by atoms with Gasteiger partial charge in [-0.25, -0.2) is 8.42 Å². The standard InChI is InChI=1S/C19H18Cl2N4O3S2/c1-3-25(4-2)30(27,28)16-11-12(9-10-15(16)21)17(26)22-19-24-23-18(29-19)13-7-5-6-8-14(13)20/h5-11H,3-4H2,1-2H3,(H,22,24,26). The molecule has 0 spiro atoms. The molecule has 30 heavy (non-hydrogen) atoms. The Morgan fingerprint density at radius 3 is 2.43 bits per heavy atom. The summed E-state index contributed by atoms with van der Waals surface area (Å²) < 4.78 is 26.9. The van der Waals surface area contributed by atoms with E-state index in [1.807, 2.05) is 6.07 Å². The van der Waals surface area contributed by atoms with Gasteiger partial charge >= 0.3 is 0 Å². The zero-order valence-electron chi connectivity index (χ0n) is 16.1. The van der Waals surface area contributed by atoms with Crippen LogP contribution in [0.2, 0.25) is 10.0 Å². The number of rotatable bonds is 7. The molecular formula is C19H18Cl2N4O3S2. The van der Waals surface area contributed by atoms with Crippen LogP contribution in [0.5, 0.6) is 0 Å². The molecule has 0 aliphatic rings. The topological polar surface area (TPSA) is 92.3 Å². The highest BCUT2D eigenvalue weighted by molar-refractivity contribution is 7.89. The molecule has 158 valence electrons. The molecule has 1 amide bonds. The van der Waals surface area contributed by atoms with E-state index in [0.29, 0.717) is 28.7 Å². The maximum absolute atomic E-state index is 12.8. The van der Waals surface area contributed by atoms with Crippen LogP contribution in [0, 0.1) is 0 Å². The Kier molecular flexibility index (Phi) is 7.10. The molecule has 11 heteroatoms. The van der Waals surface area contributed by atoms with Gasteiger partial charge < -0.3 is 0 Å². The van der Waals surface area contributed by atoms with E-state index < -0.39 is 15.9 Å². The first-order valence-electron chi connectivity index (χ1n) is 8.97. The summed E-state index contributed by atoms with van der Waals surface area (Å²) in [5, 5.41) is 12.0. The van der Waals surface area contributed by atoms with Gasteiger partial charge in [0.2, 0.25) is 15.2 Å². The molecule has 1 aromatic heterocycles. The van der Waals surface area contributed by atoms with Crippen molar-refractivity contribution in [3.63, 3.8) is 0 Å². The predicted molar refractivity (Wildman–Crippen MR) is 120 cm³/mol. The molecule has 2 aromatic carbocycles. The van der Waals surface area contributed by atoms with Crippen molar-refractivity contribution >= 4 is 55.6 Å². The first-order chi connectivity index (χ1) is 14.3. The van der Waals surface area contributed by atoms with Gasteiger partial charge in [0.15, 0.2) is 5.01 Å². The van der Waals surface area contributed by atoms with E-state index in [-0.39, 0.29) is 20.6 Å². The van der Waals surface area contributed by atoms with Crippen LogP contribution in [0.25, 0.3) is 10.6 Å². The largest absolute Gasteiger partial charge is 0.296 e. The number of amides is 1. The number of hydrogen-bond acceptors (Lipinski definition) is 6. The highest BCUT2D eigenvalue weighted by Crippen LogP contribution is 2.32. The second kappa shape index (κ2) is 9.40. The number of benzene rings is 2. The minimum absolute atomic E-state index is 0.0513. The van der Waals surface area contributed by atoms with Crippen LogP contribution in [0.3, 0.4) is 0 Å². The van der Waals surface area contributed by atoms with Gasteiger partial charge in [-0.15, -0.1) is 10.2 Å². The molecule has 3 rings (SSSR count). The first-order valence-corrected chi connectivity index (χ1v) is 12.0. The zero-order valence-corrected chi connectivity index (χ0v) is 19.2. The van der Waals surface area contributed by atoms with Crippen LogP contribution in [0.4, 0.5) is 5.13 Å². The fourth-order valence-corrected chi connectivity index (χ4v) is 5.75. The number of carbonyl (C=O) groups is 1. The fraction of sp³-hybridized carbons (Fsp3) is 0.211. The molecule has 0 atom stereocenters. The van der Waals surface area contributed by atoms with E-state index >= 15 is 0 Å². The lowest BCUT2D eigenvalue weighted by Crippen LogP contribution is -2.31. The Hall–Kier alpha value is -2.04. The number of anilines is 1. The van der Waals surface area contributed by atoms with E-state index in [2.05, 4.69) is 15.5 Å². The van der Waals surface area contributed by atoms with E-state index in [1.54, 1.807) is 32.0 Å². The van der Waals surface area contributed by atoms with Crippen LogP contribution < -0.4 is 5.32 Å². The number of carbonyl (C=O) groups excluding carboxylic acids is 1. The predicted octanol–water partition coefficient (Wildman–Crippen LogP) is 4.79. The molecule has 1 heterocycles. The second-order valence-electron chi connectivity index (χ2n) is 6.08. The highest BCUT2D eigenvalue weighted by atomic mass is 35.5. The third-order valence-corrected chi connectivity index (χ3v) is 8.00. The molecule has 0 saturated heterocycles. The minimum Gasteiger partial charge on any atom is -0.296 e. The SMILES string of the molecule is CCN(CC)S(=O)(=O)c1cc(C(=O)Nc2nnc(-c3ccccc3Cl)s2)ccc1Cl. The van der Waals surface area contributed by atoms with Crippen molar-refractivity contribution in [3.8, 4) is 10.6 Å². The maximum Gasteiger partial charge on any atom is 0.257 e. The summed E-state index contributed by atoms with van der Waals surface area (Å²) in [7, 11) is -3.82. The van der Waals surface area contributed by atoms with Crippen LogP contribution in [0.15, 0.2) is 47.4 Å². The number of hydrogen-bond donors (Lipinski definition) is 1. The first kappa shape index (κ1) is 22.6. The average Bonchev–Trinajstić information content (AvgIpc) is 3.17. The summed E-state index contributed by atoms with van der Waals surface area (Å²) in [5.74, 6) is -0.524. The van der Waals surface area contributed by atoms with Crippen molar-refractivity contribution < 1.29 is 13.2 Å². The molecule has 0 aliphatic heterocycles. The molecule has 0 bridgehead atoms. The summed E-state index contributed by atoms with van der Waals surface area (Å²) in [6.45, 7) is 4.05. The number of aromatic nitrogens is 2. The molecule has 0 saturated carbocycles. The van der Waals surface area contributed by atoms with E-state index in [4.69, 9.17) is 23.2 Å².